The van der Waals surface area contributed by atoms with E-state index in [1.54, 1.807) is 0 Å². The van der Waals surface area contributed by atoms with Gasteiger partial charge in [-0.15, -0.1) is 0 Å². The van der Waals surface area contributed by atoms with Gasteiger partial charge in [0.05, 0.1) is 0 Å². The summed E-state index contributed by atoms with van der Waals surface area (Å²) in [4.78, 5) is 2.58. The lowest BCUT2D eigenvalue weighted by molar-refractivity contribution is 0.188. The Morgan fingerprint density at radius 3 is 2.89 bits per heavy atom. The number of nitrogens with zero attached hydrogens (tertiary/aromatic N) is 1. The van der Waals surface area contributed by atoms with E-state index in [4.69, 9.17) is 5.73 Å². The summed E-state index contributed by atoms with van der Waals surface area (Å²) in [5.74, 6) is 3.10. The lowest BCUT2D eigenvalue weighted by atomic mass is 9.98. The summed E-state index contributed by atoms with van der Waals surface area (Å²) in [6.45, 7) is 4.55. The zero-order valence-corrected chi connectivity index (χ0v) is 11.9. The number of benzene rings is 1. The highest BCUT2D eigenvalue weighted by Gasteiger charge is 2.17. The summed E-state index contributed by atoms with van der Waals surface area (Å²) in [6, 6.07) is 10.7. The van der Waals surface area contributed by atoms with Crippen LogP contribution < -0.4 is 5.73 Å². The van der Waals surface area contributed by atoms with Crippen molar-refractivity contribution in [2.45, 2.75) is 18.6 Å². The Morgan fingerprint density at radius 2 is 2.11 bits per heavy atom. The summed E-state index contributed by atoms with van der Waals surface area (Å²) < 4.78 is 0. The van der Waals surface area contributed by atoms with Gasteiger partial charge in [-0.05, 0) is 37.4 Å². The van der Waals surface area contributed by atoms with E-state index in [1.807, 2.05) is 11.8 Å². The quantitative estimate of drug-likeness (QED) is 0.801. The summed E-state index contributed by atoms with van der Waals surface area (Å²) in [7, 11) is 0. The predicted molar refractivity (Wildman–Crippen MR) is 80.8 cm³/mol. The fourth-order valence-corrected chi connectivity index (χ4v) is 3.46. The van der Waals surface area contributed by atoms with Gasteiger partial charge in [0.2, 0.25) is 0 Å². The average Bonchev–Trinajstić information content (AvgIpc) is 2.45. The molecule has 1 heterocycles. The van der Waals surface area contributed by atoms with Gasteiger partial charge in [-0.3, -0.25) is 0 Å². The largest absolute Gasteiger partial charge is 0.330 e. The van der Waals surface area contributed by atoms with Crippen LogP contribution in [0.2, 0.25) is 0 Å². The average molecular weight is 264 g/mol. The highest BCUT2D eigenvalue weighted by Crippen LogP contribution is 2.17. The number of likely N-dealkylation sites (tertiary alicyclic amines) is 1. The van der Waals surface area contributed by atoms with E-state index in [1.165, 1.54) is 43.8 Å². The maximum absolute atomic E-state index is 5.76. The first-order valence-corrected chi connectivity index (χ1v) is 8.08. The van der Waals surface area contributed by atoms with Crippen LogP contribution in [0.25, 0.3) is 0 Å². The van der Waals surface area contributed by atoms with Gasteiger partial charge < -0.3 is 10.6 Å². The summed E-state index contributed by atoms with van der Waals surface area (Å²) in [5, 5.41) is 0. The molecular weight excluding hydrogens is 240 g/mol. The van der Waals surface area contributed by atoms with Crippen molar-refractivity contribution in [3.63, 3.8) is 0 Å². The molecule has 18 heavy (non-hydrogen) atoms. The number of hydrogen-bond acceptors (Lipinski definition) is 3. The van der Waals surface area contributed by atoms with Crippen LogP contribution in [0.4, 0.5) is 0 Å². The highest BCUT2D eigenvalue weighted by atomic mass is 32.2. The van der Waals surface area contributed by atoms with E-state index in [9.17, 15) is 0 Å². The van der Waals surface area contributed by atoms with Crippen LogP contribution in [0.15, 0.2) is 30.3 Å². The third-order valence-corrected chi connectivity index (χ3v) is 4.61. The van der Waals surface area contributed by atoms with Gasteiger partial charge >= 0.3 is 0 Å². The van der Waals surface area contributed by atoms with Crippen molar-refractivity contribution in [3.05, 3.63) is 35.9 Å². The second-order valence-electron chi connectivity index (χ2n) is 5.08. The molecule has 2 rings (SSSR count). The van der Waals surface area contributed by atoms with E-state index in [2.05, 4.69) is 35.2 Å². The zero-order valence-electron chi connectivity index (χ0n) is 11.1. The first kappa shape index (κ1) is 13.9. The Labute approximate surface area is 115 Å². The number of nitrogens with two attached hydrogens (primary N) is 1. The third-order valence-electron chi connectivity index (χ3n) is 3.60. The van der Waals surface area contributed by atoms with Crippen molar-refractivity contribution in [2.75, 3.05) is 31.9 Å². The smallest absolute Gasteiger partial charge is 0.0185 e. The fourth-order valence-electron chi connectivity index (χ4n) is 2.50. The van der Waals surface area contributed by atoms with Crippen molar-refractivity contribution in [3.8, 4) is 0 Å². The molecule has 0 bridgehead atoms. The monoisotopic (exact) mass is 264 g/mol. The van der Waals surface area contributed by atoms with Crippen LogP contribution in [0, 0.1) is 5.92 Å². The van der Waals surface area contributed by atoms with Gasteiger partial charge in [0.15, 0.2) is 0 Å². The molecule has 0 saturated carbocycles. The lowest BCUT2D eigenvalue weighted by Crippen LogP contribution is -2.39. The molecule has 3 heteroatoms. The Kier molecular flexibility index (Phi) is 6.05. The van der Waals surface area contributed by atoms with Gasteiger partial charge in [0.25, 0.3) is 0 Å². The van der Waals surface area contributed by atoms with E-state index in [-0.39, 0.29) is 0 Å². The first-order chi connectivity index (χ1) is 8.88. The van der Waals surface area contributed by atoms with Gasteiger partial charge in [0, 0.05) is 24.6 Å². The number of piperidine rings is 1. The zero-order chi connectivity index (χ0) is 12.6. The van der Waals surface area contributed by atoms with Crippen LogP contribution in [-0.2, 0) is 5.75 Å². The van der Waals surface area contributed by atoms with Crippen LogP contribution in [0.5, 0.6) is 0 Å². The van der Waals surface area contributed by atoms with E-state index >= 15 is 0 Å². The maximum Gasteiger partial charge on any atom is 0.0185 e. The SMILES string of the molecule is NCC1CCCN(CCSCc2ccccc2)C1. The maximum atomic E-state index is 5.76. The fraction of sp³-hybridized carbons (Fsp3) is 0.600. The predicted octanol–water partition coefficient (Wildman–Crippen LogP) is 2.59. The van der Waals surface area contributed by atoms with Crippen molar-refractivity contribution in [2.24, 2.45) is 11.7 Å². The molecule has 1 atom stereocenters. The van der Waals surface area contributed by atoms with E-state index in [0.717, 1.165) is 18.2 Å². The molecule has 1 aromatic carbocycles. The highest BCUT2D eigenvalue weighted by molar-refractivity contribution is 7.98. The Morgan fingerprint density at radius 1 is 1.28 bits per heavy atom. The van der Waals surface area contributed by atoms with Crippen LogP contribution in [0.1, 0.15) is 18.4 Å². The molecule has 100 valence electrons. The summed E-state index contributed by atoms with van der Waals surface area (Å²) in [5.41, 5.74) is 7.20. The molecule has 1 unspecified atom stereocenters. The Balaban J connectivity index is 1.60. The Bertz CT molecular complexity index is 329. The van der Waals surface area contributed by atoms with E-state index < -0.39 is 0 Å². The standard InChI is InChI=1S/C15H24N2S/c16-11-15-7-4-8-17(12-15)9-10-18-13-14-5-2-1-3-6-14/h1-3,5-6,15H,4,7-13,16H2. The topological polar surface area (TPSA) is 29.3 Å². The van der Waals surface area contributed by atoms with Crippen molar-refractivity contribution in [1.29, 1.82) is 0 Å². The molecule has 0 radical (unpaired) electrons. The van der Waals surface area contributed by atoms with Crippen LogP contribution >= 0.6 is 11.8 Å². The minimum atomic E-state index is 0.734. The molecule has 0 amide bonds. The minimum absolute atomic E-state index is 0.734. The summed E-state index contributed by atoms with van der Waals surface area (Å²) in [6.07, 6.45) is 2.65. The van der Waals surface area contributed by atoms with Gasteiger partial charge in [0.1, 0.15) is 0 Å². The summed E-state index contributed by atoms with van der Waals surface area (Å²) >= 11 is 2.04. The molecular formula is C15H24N2S. The third kappa shape index (κ3) is 4.63. The molecule has 2 N–H and O–H groups in total. The Hall–Kier alpha value is -0.510. The molecule has 2 nitrogen and oxygen atoms in total. The van der Waals surface area contributed by atoms with Crippen molar-refractivity contribution < 1.29 is 0 Å². The van der Waals surface area contributed by atoms with Crippen molar-refractivity contribution in [1.82, 2.24) is 4.90 Å². The van der Waals surface area contributed by atoms with Gasteiger partial charge in [-0.1, -0.05) is 30.3 Å². The van der Waals surface area contributed by atoms with Gasteiger partial charge in [-0.2, -0.15) is 11.8 Å². The molecule has 1 aliphatic heterocycles. The van der Waals surface area contributed by atoms with Crippen LogP contribution in [0.3, 0.4) is 0 Å². The first-order valence-electron chi connectivity index (χ1n) is 6.92. The van der Waals surface area contributed by atoms with E-state index in [0.29, 0.717) is 0 Å². The van der Waals surface area contributed by atoms with Crippen molar-refractivity contribution >= 4 is 11.8 Å². The molecule has 1 aromatic rings. The van der Waals surface area contributed by atoms with Gasteiger partial charge in [-0.25, -0.2) is 0 Å². The molecule has 1 fully saturated rings. The number of thioether (sulfide) groups is 1. The second kappa shape index (κ2) is 7.82. The molecule has 1 saturated heterocycles. The number of rotatable bonds is 6. The molecule has 1 aliphatic rings. The lowest BCUT2D eigenvalue weighted by Gasteiger charge is -2.31. The number of hydrogen-bond donors (Lipinski definition) is 1. The van der Waals surface area contributed by atoms with Crippen LogP contribution in [-0.4, -0.2) is 36.8 Å². The minimum Gasteiger partial charge on any atom is -0.330 e. The normalized spacial score (nSPS) is 21.1. The molecule has 0 aliphatic carbocycles. The molecule has 0 aromatic heterocycles. The molecule has 0 spiro atoms. The second-order valence-corrected chi connectivity index (χ2v) is 6.19.